The third-order valence-electron chi connectivity index (χ3n) is 3.15. The highest BCUT2D eigenvalue weighted by Crippen LogP contribution is 2.15. The fourth-order valence-corrected chi connectivity index (χ4v) is 2.01. The molecule has 1 unspecified atom stereocenters. The number of ether oxygens (including phenoxy) is 1. The van der Waals surface area contributed by atoms with Crippen molar-refractivity contribution in [1.82, 2.24) is 9.97 Å². The Hall–Kier alpha value is -1.36. The molecule has 1 aromatic heterocycles. The maximum atomic E-state index is 5.42. The van der Waals surface area contributed by atoms with E-state index in [-0.39, 0.29) is 0 Å². The van der Waals surface area contributed by atoms with Gasteiger partial charge in [-0.05, 0) is 26.7 Å². The van der Waals surface area contributed by atoms with Crippen LogP contribution in [0.4, 0.5) is 11.6 Å². The van der Waals surface area contributed by atoms with E-state index in [1.54, 1.807) is 0 Å². The van der Waals surface area contributed by atoms with Gasteiger partial charge in [0, 0.05) is 25.3 Å². The van der Waals surface area contributed by atoms with Gasteiger partial charge in [-0.3, -0.25) is 0 Å². The molecule has 0 aliphatic rings. The van der Waals surface area contributed by atoms with Gasteiger partial charge in [0.2, 0.25) is 0 Å². The molecule has 21 heavy (non-hydrogen) atoms. The average Bonchev–Trinajstić information content (AvgIpc) is 2.48. The average molecular weight is 294 g/mol. The summed E-state index contributed by atoms with van der Waals surface area (Å²) < 4.78 is 5.42. The summed E-state index contributed by atoms with van der Waals surface area (Å²) in [6.07, 6.45) is 4.67. The zero-order valence-corrected chi connectivity index (χ0v) is 13.9. The van der Waals surface area contributed by atoms with Gasteiger partial charge in [0.15, 0.2) is 5.82 Å². The molecule has 0 saturated heterocycles. The van der Waals surface area contributed by atoms with E-state index in [1.807, 2.05) is 13.0 Å². The standard InChI is InChI=1S/C16H30N4O/c1-5-8-9-13(4)18-15-11-14(17-10-6-2)19-16(20-15)12-21-7-3/h11,13H,5-10,12H2,1-4H3,(H2,17,18,19,20). The molecule has 1 rings (SSSR count). The van der Waals surface area contributed by atoms with Gasteiger partial charge >= 0.3 is 0 Å². The van der Waals surface area contributed by atoms with Gasteiger partial charge in [-0.1, -0.05) is 26.7 Å². The first-order valence-electron chi connectivity index (χ1n) is 8.15. The molecule has 0 fully saturated rings. The third kappa shape index (κ3) is 7.27. The highest BCUT2D eigenvalue weighted by atomic mass is 16.5. The first-order valence-corrected chi connectivity index (χ1v) is 8.15. The lowest BCUT2D eigenvalue weighted by molar-refractivity contribution is 0.128. The fourth-order valence-electron chi connectivity index (χ4n) is 2.01. The molecule has 2 N–H and O–H groups in total. The predicted octanol–water partition coefficient (Wildman–Crippen LogP) is 3.83. The second-order valence-electron chi connectivity index (χ2n) is 5.31. The van der Waals surface area contributed by atoms with Gasteiger partial charge in [0.05, 0.1) is 0 Å². The minimum absolute atomic E-state index is 0.416. The molecule has 1 aromatic rings. The monoisotopic (exact) mass is 294 g/mol. The maximum absolute atomic E-state index is 5.42. The van der Waals surface area contributed by atoms with E-state index in [9.17, 15) is 0 Å². The molecule has 0 bridgehead atoms. The molecule has 0 radical (unpaired) electrons. The molecule has 1 atom stereocenters. The number of hydrogen-bond donors (Lipinski definition) is 2. The van der Waals surface area contributed by atoms with Crippen molar-refractivity contribution in [1.29, 1.82) is 0 Å². The Morgan fingerprint density at radius 3 is 2.57 bits per heavy atom. The van der Waals surface area contributed by atoms with E-state index in [0.29, 0.717) is 19.3 Å². The molecule has 0 aromatic carbocycles. The number of nitrogens with zero attached hydrogens (tertiary/aromatic N) is 2. The number of aromatic nitrogens is 2. The second kappa shape index (κ2) is 10.4. The van der Waals surface area contributed by atoms with Crippen LogP contribution in [0.2, 0.25) is 0 Å². The SMILES string of the molecule is CCCCC(C)Nc1cc(NCCC)nc(COCC)n1. The highest BCUT2D eigenvalue weighted by Gasteiger charge is 2.07. The molecular formula is C16H30N4O. The normalized spacial score (nSPS) is 12.2. The summed E-state index contributed by atoms with van der Waals surface area (Å²) in [4.78, 5) is 9.03. The van der Waals surface area contributed by atoms with E-state index < -0.39 is 0 Å². The van der Waals surface area contributed by atoms with Crippen molar-refractivity contribution in [2.75, 3.05) is 23.8 Å². The van der Waals surface area contributed by atoms with Crippen LogP contribution in [0.1, 0.15) is 59.2 Å². The van der Waals surface area contributed by atoms with Crippen molar-refractivity contribution in [3.05, 3.63) is 11.9 Å². The molecule has 120 valence electrons. The van der Waals surface area contributed by atoms with Crippen molar-refractivity contribution in [3.63, 3.8) is 0 Å². The van der Waals surface area contributed by atoms with E-state index in [2.05, 4.69) is 41.4 Å². The zero-order chi connectivity index (χ0) is 15.5. The van der Waals surface area contributed by atoms with Crippen LogP contribution in [-0.2, 0) is 11.3 Å². The summed E-state index contributed by atoms with van der Waals surface area (Å²) in [5.74, 6) is 2.47. The second-order valence-corrected chi connectivity index (χ2v) is 5.31. The van der Waals surface area contributed by atoms with Crippen molar-refractivity contribution < 1.29 is 4.74 Å². The Balaban J connectivity index is 2.74. The van der Waals surface area contributed by atoms with Crippen LogP contribution in [-0.4, -0.2) is 29.2 Å². The Kier molecular flexibility index (Phi) is 8.74. The van der Waals surface area contributed by atoms with Crippen LogP contribution in [0.15, 0.2) is 6.07 Å². The molecule has 0 saturated carbocycles. The predicted molar refractivity (Wildman–Crippen MR) is 88.8 cm³/mol. The van der Waals surface area contributed by atoms with E-state index in [1.165, 1.54) is 12.8 Å². The number of anilines is 2. The number of hydrogen-bond acceptors (Lipinski definition) is 5. The van der Waals surface area contributed by atoms with E-state index in [0.717, 1.165) is 36.8 Å². The minimum Gasteiger partial charge on any atom is -0.374 e. The minimum atomic E-state index is 0.416. The smallest absolute Gasteiger partial charge is 0.158 e. The lowest BCUT2D eigenvalue weighted by Crippen LogP contribution is -2.17. The van der Waals surface area contributed by atoms with E-state index >= 15 is 0 Å². The first kappa shape index (κ1) is 17.7. The summed E-state index contributed by atoms with van der Waals surface area (Å²) in [6, 6.07) is 2.40. The molecule has 0 aliphatic carbocycles. The maximum Gasteiger partial charge on any atom is 0.158 e. The van der Waals surface area contributed by atoms with Crippen molar-refractivity contribution in [2.24, 2.45) is 0 Å². The zero-order valence-electron chi connectivity index (χ0n) is 13.9. The topological polar surface area (TPSA) is 59.1 Å². The Morgan fingerprint density at radius 2 is 1.90 bits per heavy atom. The molecule has 0 spiro atoms. The van der Waals surface area contributed by atoms with Crippen molar-refractivity contribution >= 4 is 11.6 Å². The quantitative estimate of drug-likeness (QED) is 0.649. The summed E-state index contributed by atoms with van der Waals surface area (Å²) >= 11 is 0. The van der Waals surface area contributed by atoms with Crippen molar-refractivity contribution in [3.8, 4) is 0 Å². The molecule has 5 nitrogen and oxygen atoms in total. The fraction of sp³-hybridized carbons (Fsp3) is 0.750. The summed E-state index contributed by atoms with van der Waals surface area (Å²) in [7, 11) is 0. The van der Waals surface area contributed by atoms with Gasteiger partial charge < -0.3 is 15.4 Å². The summed E-state index contributed by atoms with van der Waals surface area (Å²) in [5, 5.41) is 6.78. The van der Waals surface area contributed by atoms with Gasteiger partial charge in [0.25, 0.3) is 0 Å². The van der Waals surface area contributed by atoms with Crippen LogP contribution >= 0.6 is 0 Å². The number of nitrogens with one attached hydrogen (secondary N) is 2. The Bertz CT molecular complexity index is 372. The lowest BCUT2D eigenvalue weighted by Gasteiger charge is -2.16. The largest absolute Gasteiger partial charge is 0.374 e. The van der Waals surface area contributed by atoms with Crippen LogP contribution in [0.25, 0.3) is 0 Å². The lowest BCUT2D eigenvalue weighted by atomic mass is 10.1. The van der Waals surface area contributed by atoms with Crippen molar-refractivity contribution in [2.45, 2.75) is 66.0 Å². The van der Waals surface area contributed by atoms with E-state index in [4.69, 9.17) is 4.74 Å². The third-order valence-corrected chi connectivity index (χ3v) is 3.15. The van der Waals surface area contributed by atoms with Crippen LogP contribution in [0.3, 0.4) is 0 Å². The molecule has 0 aliphatic heterocycles. The molecule has 1 heterocycles. The van der Waals surface area contributed by atoms with Gasteiger partial charge in [-0.15, -0.1) is 0 Å². The van der Waals surface area contributed by atoms with Gasteiger partial charge in [-0.25, -0.2) is 9.97 Å². The molecular weight excluding hydrogens is 264 g/mol. The van der Waals surface area contributed by atoms with Crippen LogP contribution in [0, 0.1) is 0 Å². The van der Waals surface area contributed by atoms with Gasteiger partial charge in [0.1, 0.15) is 18.2 Å². The molecule has 0 amide bonds. The summed E-state index contributed by atoms with van der Waals surface area (Å²) in [6.45, 7) is 10.6. The van der Waals surface area contributed by atoms with Gasteiger partial charge in [-0.2, -0.15) is 0 Å². The summed E-state index contributed by atoms with van der Waals surface area (Å²) in [5.41, 5.74) is 0. The number of rotatable bonds is 11. The van der Waals surface area contributed by atoms with Crippen LogP contribution in [0.5, 0.6) is 0 Å². The first-order chi connectivity index (χ1) is 10.2. The molecule has 5 heteroatoms. The highest BCUT2D eigenvalue weighted by molar-refractivity contribution is 5.48. The Labute approximate surface area is 128 Å². The number of unbranched alkanes of at least 4 members (excludes halogenated alkanes) is 1. The van der Waals surface area contributed by atoms with Crippen LogP contribution < -0.4 is 10.6 Å². The Morgan fingerprint density at radius 1 is 1.14 bits per heavy atom.